The number of likely N-dealkylation sites (N-methyl/N-ethyl adjacent to an activating group) is 1. The molecule has 0 spiro atoms. The molecule has 2 atom stereocenters. The molecular formula is C14H30N4O. The van der Waals surface area contributed by atoms with Crippen LogP contribution in [0.15, 0.2) is 0 Å². The van der Waals surface area contributed by atoms with Crippen molar-refractivity contribution in [1.29, 1.82) is 0 Å². The van der Waals surface area contributed by atoms with Crippen LogP contribution in [0, 0.1) is 0 Å². The number of ether oxygens (including phenoxy) is 1. The zero-order valence-electron chi connectivity index (χ0n) is 12.5. The number of morpholine rings is 1. The van der Waals surface area contributed by atoms with Crippen molar-refractivity contribution < 1.29 is 4.74 Å². The summed E-state index contributed by atoms with van der Waals surface area (Å²) in [7, 11) is 2.21. The lowest BCUT2D eigenvalue weighted by atomic mass is 10.1. The monoisotopic (exact) mass is 270 g/mol. The number of hydrogen-bond acceptors (Lipinski definition) is 5. The molecule has 0 aromatic carbocycles. The Morgan fingerprint density at radius 3 is 2.79 bits per heavy atom. The first-order valence-electron chi connectivity index (χ1n) is 7.69. The molecule has 2 aliphatic rings. The summed E-state index contributed by atoms with van der Waals surface area (Å²) in [6.45, 7) is 12.1. The van der Waals surface area contributed by atoms with Gasteiger partial charge in [0.2, 0.25) is 0 Å². The second kappa shape index (κ2) is 8.17. The molecule has 2 heterocycles. The topological polar surface area (TPSA) is 39.8 Å². The van der Waals surface area contributed by atoms with Crippen molar-refractivity contribution in [3.8, 4) is 0 Å². The first-order valence-corrected chi connectivity index (χ1v) is 7.69. The molecule has 0 radical (unpaired) electrons. The summed E-state index contributed by atoms with van der Waals surface area (Å²) in [5.74, 6) is 0. The zero-order valence-corrected chi connectivity index (χ0v) is 12.5. The van der Waals surface area contributed by atoms with Crippen LogP contribution >= 0.6 is 0 Å². The van der Waals surface area contributed by atoms with Gasteiger partial charge in [0, 0.05) is 57.9 Å². The molecule has 5 nitrogen and oxygen atoms in total. The Morgan fingerprint density at radius 1 is 1.32 bits per heavy atom. The maximum atomic E-state index is 5.49. The molecule has 5 heteroatoms. The fourth-order valence-electron chi connectivity index (χ4n) is 2.82. The molecule has 2 fully saturated rings. The van der Waals surface area contributed by atoms with Gasteiger partial charge in [-0.2, -0.15) is 0 Å². The first kappa shape index (κ1) is 15.2. The van der Waals surface area contributed by atoms with E-state index in [0.717, 1.165) is 32.7 Å². The highest BCUT2D eigenvalue weighted by Crippen LogP contribution is 2.03. The largest absolute Gasteiger partial charge is 0.379 e. The van der Waals surface area contributed by atoms with Crippen LogP contribution in [0.3, 0.4) is 0 Å². The van der Waals surface area contributed by atoms with E-state index in [1.807, 2.05) is 0 Å². The number of hydrogen-bond donors (Lipinski definition) is 2. The molecule has 19 heavy (non-hydrogen) atoms. The van der Waals surface area contributed by atoms with E-state index >= 15 is 0 Å². The Morgan fingerprint density at radius 2 is 2.11 bits per heavy atom. The van der Waals surface area contributed by atoms with Crippen molar-refractivity contribution in [3.05, 3.63) is 0 Å². The van der Waals surface area contributed by atoms with Crippen molar-refractivity contribution in [2.45, 2.75) is 25.4 Å². The molecule has 2 unspecified atom stereocenters. The lowest BCUT2D eigenvalue weighted by molar-refractivity contribution is 0.0710. The fraction of sp³-hybridized carbons (Fsp3) is 1.00. The van der Waals surface area contributed by atoms with Crippen LogP contribution in [0.1, 0.15) is 13.3 Å². The molecule has 0 aromatic heterocycles. The van der Waals surface area contributed by atoms with E-state index in [2.05, 4.69) is 34.4 Å². The maximum absolute atomic E-state index is 5.49. The third kappa shape index (κ3) is 5.75. The Bertz CT molecular complexity index is 238. The zero-order chi connectivity index (χ0) is 13.5. The van der Waals surface area contributed by atoms with Crippen LogP contribution in [0.2, 0.25) is 0 Å². The molecular weight excluding hydrogens is 240 g/mol. The minimum absolute atomic E-state index is 0.528. The van der Waals surface area contributed by atoms with Crippen LogP contribution < -0.4 is 10.6 Å². The SMILES string of the molecule is CC(CC1COCCN1)NCCN1CCN(C)CC1. The first-order chi connectivity index (χ1) is 9.24. The minimum Gasteiger partial charge on any atom is -0.379 e. The second-order valence-electron chi connectivity index (χ2n) is 5.96. The van der Waals surface area contributed by atoms with E-state index in [9.17, 15) is 0 Å². The van der Waals surface area contributed by atoms with Crippen LogP contribution in [-0.4, -0.2) is 88.0 Å². The van der Waals surface area contributed by atoms with Gasteiger partial charge in [-0.3, -0.25) is 4.90 Å². The summed E-state index contributed by atoms with van der Waals surface area (Å²) < 4.78 is 5.49. The van der Waals surface area contributed by atoms with E-state index in [4.69, 9.17) is 4.74 Å². The average molecular weight is 270 g/mol. The highest BCUT2D eigenvalue weighted by Gasteiger charge is 2.17. The van der Waals surface area contributed by atoms with Crippen molar-refractivity contribution in [3.63, 3.8) is 0 Å². The van der Waals surface area contributed by atoms with Crippen molar-refractivity contribution in [2.24, 2.45) is 0 Å². The minimum atomic E-state index is 0.528. The third-order valence-electron chi connectivity index (χ3n) is 4.15. The molecule has 0 aromatic rings. The number of nitrogens with zero attached hydrogens (tertiary/aromatic N) is 2. The second-order valence-corrected chi connectivity index (χ2v) is 5.96. The van der Waals surface area contributed by atoms with Crippen molar-refractivity contribution in [1.82, 2.24) is 20.4 Å². The Labute approximate surface area is 117 Å². The predicted octanol–water partition coefficient (Wildman–Crippen LogP) is -0.410. The van der Waals surface area contributed by atoms with Gasteiger partial charge in [0.15, 0.2) is 0 Å². The van der Waals surface area contributed by atoms with Crippen LogP contribution in [-0.2, 0) is 4.74 Å². The highest BCUT2D eigenvalue weighted by molar-refractivity contribution is 4.76. The molecule has 2 N–H and O–H groups in total. The number of nitrogens with one attached hydrogen (secondary N) is 2. The van der Waals surface area contributed by atoms with Gasteiger partial charge in [0.05, 0.1) is 13.2 Å². The lowest BCUT2D eigenvalue weighted by Gasteiger charge is -2.33. The maximum Gasteiger partial charge on any atom is 0.0620 e. The lowest BCUT2D eigenvalue weighted by Crippen LogP contribution is -2.48. The van der Waals surface area contributed by atoms with Gasteiger partial charge in [-0.15, -0.1) is 0 Å². The molecule has 0 bridgehead atoms. The van der Waals surface area contributed by atoms with Crippen LogP contribution in [0.5, 0.6) is 0 Å². The van der Waals surface area contributed by atoms with Gasteiger partial charge in [-0.05, 0) is 20.4 Å². The van der Waals surface area contributed by atoms with Crippen molar-refractivity contribution in [2.75, 3.05) is 66.1 Å². The van der Waals surface area contributed by atoms with E-state index in [-0.39, 0.29) is 0 Å². The van der Waals surface area contributed by atoms with E-state index in [1.165, 1.54) is 32.7 Å². The van der Waals surface area contributed by atoms with Crippen molar-refractivity contribution >= 4 is 0 Å². The molecule has 0 aliphatic carbocycles. The van der Waals surface area contributed by atoms with E-state index in [1.54, 1.807) is 0 Å². The summed E-state index contributed by atoms with van der Waals surface area (Å²) in [6, 6.07) is 1.09. The van der Waals surface area contributed by atoms with Gasteiger partial charge in [-0.1, -0.05) is 0 Å². The van der Waals surface area contributed by atoms with E-state index in [0.29, 0.717) is 12.1 Å². The normalized spacial score (nSPS) is 28.4. The van der Waals surface area contributed by atoms with Crippen LogP contribution in [0.25, 0.3) is 0 Å². The molecule has 2 rings (SSSR count). The quantitative estimate of drug-likeness (QED) is 0.687. The number of piperazine rings is 1. The Kier molecular flexibility index (Phi) is 6.53. The summed E-state index contributed by atoms with van der Waals surface area (Å²) in [4.78, 5) is 4.96. The highest BCUT2D eigenvalue weighted by atomic mass is 16.5. The predicted molar refractivity (Wildman–Crippen MR) is 78.6 cm³/mol. The Balaban J connectivity index is 1.52. The molecule has 112 valence electrons. The standard InChI is InChI=1S/C14H30N4O/c1-13(11-14-12-19-10-4-16-14)15-3-5-18-8-6-17(2)7-9-18/h13-16H,3-12H2,1-2H3. The smallest absolute Gasteiger partial charge is 0.0620 e. The third-order valence-corrected chi connectivity index (χ3v) is 4.15. The van der Waals surface area contributed by atoms with Gasteiger partial charge in [0.1, 0.15) is 0 Å². The summed E-state index contributed by atoms with van der Waals surface area (Å²) >= 11 is 0. The van der Waals surface area contributed by atoms with Crippen LogP contribution in [0.4, 0.5) is 0 Å². The average Bonchev–Trinajstić information content (AvgIpc) is 2.42. The number of rotatable bonds is 6. The fourth-order valence-corrected chi connectivity index (χ4v) is 2.82. The summed E-state index contributed by atoms with van der Waals surface area (Å²) in [5.41, 5.74) is 0. The summed E-state index contributed by atoms with van der Waals surface area (Å²) in [6.07, 6.45) is 1.16. The van der Waals surface area contributed by atoms with Gasteiger partial charge in [-0.25, -0.2) is 0 Å². The van der Waals surface area contributed by atoms with Gasteiger partial charge < -0.3 is 20.3 Å². The molecule has 2 saturated heterocycles. The molecule has 2 aliphatic heterocycles. The Hall–Kier alpha value is -0.200. The van der Waals surface area contributed by atoms with Gasteiger partial charge >= 0.3 is 0 Å². The molecule has 0 saturated carbocycles. The molecule has 0 amide bonds. The van der Waals surface area contributed by atoms with Gasteiger partial charge in [0.25, 0.3) is 0 Å². The summed E-state index contributed by atoms with van der Waals surface area (Å²) in [5, 5.41) is 7.15. The van der Waals surface area contributed by atoms with E-state index < -0.39 is 0 Å².